The lowest BCUT2D eigenvalue weighted by atomic mass is 10.6. The van der Waals surface area contributed by atoms with Crippen LogP contribution in [0.1, 0.15) is 5.69 Å². The smallest absolute Gasteiger partial charge is 0.138 e. The third-order valence-corrected chi connectivity index (χ3v) is 1.24. The first-order valence-corrected chi connectivity index (χ1v) is 3.23. The van der Waals surface area contributed by atoms with E-state index >= 15 is 0 Å². The van der Waals surface area contributed by atoms with Crippen LogP contribution in [0.25, 0.3) is 0 Å². The van der Waals surface area contributed by atoms with Gasteiger partial charge < -0.3 is 0 Å². The number of hydrogen-bond acceptors (Lipinski definition) is 3. The summed E-state index contributed by atoms with van der Waals surface area (Å²) in [5, 5.41) is 8.02. The van der Waals surface area contributed by atoms with Gasteiger partial charge in [0.15, 0.2) is 0 Å². The summed E-state index contributed by atoms with van der Waals surface area (Å²) in [6, 6.07) is 0. The van der Waals surface area contributed by atoms with Crippen molar-refractivity contribution >= 4 is 15.9 Å². The van der Waals surface area contributed by atoms with Crippen LogP contribution in [0.3, 0.4) is 0 Å². The van der Waals surface area contributed by atoms with Crippen molar-refractivity contribution in [3.05, 3.63) is 18.2 Å². The van der Waals surface area contributed by atoms with Gasteiger partial charge in [-0.05, 0) is 0 Å². The summed E-state index contributed by atoms with van der Waals surface area (Å²) in [4.78, 5) is 3.75. The SMILES string of the molecule is BrCc1cncnn1. The molecule has 1 aromatic rings. The molecule has 0 atom stereocenters. The van der Waals surface area contributed by atoms with E-state index in [-0.39, 0.29) is 0 Å². The van der Waals surface area contributed by atoms with Crippen LogP contribution >= 0.6 is 15.9 Å². The molecule has 0 aromatic carbocycles. The van der Waals surface area contributed by atoms with Crippen LogP contribution in [0.15, 0.2) is 12.5 Å². The van der Waals surface area contributed by atoms with Gasteiger partial charge in [0, 0.05) is 5.33 Å². The van der Waals surface area contributed by atoms with Crippen molar-refractivity contribution < 1.29 is 0 Å². The van der Waals surface area contributed by atoms with E-state index in [4.69, 9.17) is 0 Å². The second-order valence-electron chi connectivity index (χ2n) is 1.23. The topological polar surface area (TPSA) is 38.7 Å². The van der Waals surface area contributed by atoms with E-state index in [1.807, 2.05) is 0 Å². The van der Waals surface area contributed by atoms with Gasteiger partial charge in [-0.3, -0.25) is 0 Å². The molecule has 3 nitrogen and oxygen atoms in total. The van der Waals surface area contributed by atoms with E-state index in [2.05, 4.69) is 31.1 Å². The van der Waals surface area contributed by atoms with Gasteiger partial charge in [-0.25, -0.2) is 4.98 Å². The van der Waals surface area contributed by atoms with Crippen molar-refractivity contribution in [1.82, 2.24) is 15.2 Å². The zero-order chi connectivity index (χ0) is 5.82. The molecular formula is C4H4BrN3. The van der Waals surface area contributed by atoms with E-state index in [1.54, 1.807) is 6.20 Å². The van der Waals surface area contributed by atoms with Crippen LogP contribution in [-0.4, -0.2) is 15.2 Å². The predicted octanol–water partition coefficient (Wildman–Crippen LogP) is 0.766. The van der Waals surface area contributed by atoms with E-state index in [0.717, 1.165) is 5.69 Å². The van der Waals surface area contributed by atoms with Crippen molar-refractivity contribution in [2.75, 3.05) is 0 Å². The quantitative estimate of drug-likeness (QED) is 0.590. The third kappa shape index (κ3) is 1.23. The highest BCUT2D eigenvalue weighted by atomic mass is 79.9. The van der Waals surface area contributed by atoms with Crippen molar-refractivity contribution in [2.45, 2.75) is 5.33 Å². The largest absolute Gasteiger partial charge is 0.241 e. The number of hydrogen-bond donors (Lipinski definition) is 0. The van der Waals surface area contributed by atoms with Gasteiger partial charge in [0.2, 0.25) is 0 Å². The van der Waals surface area contributed by atoms with Gasteiger partial charge in [0.05, 0.1) is 11.9 Å². The Kier molecular flexibility index (Phi) is 1.91. The lowest BCUT2D eigenvalue weighted by Gasteiger charge is -1.85. The third-order valence-electron chi connectivity index (χ3n) is 0.665. The second kappa shape index (κ2) is 2.71. The van der Waals surface area contributed by atoms with E-state index < -0.39 is 0 Å². The van der Waals surface area contributed by atoms with Gasteiger partial charge in [0.25, 0.3) is 0 Å². The standard InChI is InChI=1S/C4H4BrN3/c5-1-4-2-6-3-7-8-4/h2-3H,1H2. The summed E-state index contributed by atoms with van der Waals surface area (Å²) < 4.78 is 0. The van der Waals surface area contributed by atoms with Crippen molar-refractivity contribution in [1.29, 1.82) is 0 Å². The summed E-state index contributed by atoms with van der Waals surface area (Å²) in [5.74, 6) is 0. The molecule has 1 aromatic heterocycles. The minimum atomic E-state index is 0.716. The molecule has 0 N–H and O–H groups in total. The lowest BCUT2D eigenvalue weighted by Crippen LogP contribution is -1.87. The molecule has 8 heavy (non-hydrogen) atoms. The molecule has 0 amide bonds. The van der Waals surface area contributed by atoms with Crippen LogP contribution < -0.4 is 0 Å². The van der Waals surface area contributed by atoms with E-state index in [9.17, 15) is 0 Å². The van der Waals surface area contributed by atoms with Crippen LogP contribution in [0.2, 0.25) is 0 Å². The van der Waals surface area contributed by atoms with Crippen molar-refractivity contribution in [3.63, 3.8) is 0 Å². The molecule has 0 aliphatic carbocycles. The molecule has 1 heterocycles. The Bertz CT molecular complexity index is 153. The lowest BCUT2D eigenvalue weighted by molar-refractivity contribution is 0.920. The van der Waals surface area contributed by atoms with Gasteiger partial charge in [-0.15, -0.1) is 5.10 Å². The monoisotopic (exact) mass is 173 g/mol. The zero-order valence-electron chi connectivity index (χ0n) is 4.08. The average molecular weight is 174 g/mol. The van der Waals surface area contributed by atoms with Crippen LogP contribution in [0.5, 0.6) is 0 Å². The molecular weight excluding hydrogens is 170 g/mol. The number of rotatable bonds is 1. The fraction of sp³-hybridized carbons (Fsp3) is 0.250. The molecule has 42 valence electrons. The summed E-state index contributed by atoms with van der Waals surface area (Å²) >= 11 is 3.21. The highest BCUT2D eigenvalue weighted by Gasteiger charge is 1.85. The number of aromatic nitrogens is 3. The Morgan fingerprint density at radius 1 is 1.62 bits per heavy atom. The maximum absolute atomic E-state index is 3.75. The summed E-state index contributed by atoms with van der Waals surface area (Å²) in [6.07, 6.45) is 3.08. The second-order valence-corrected chi connectivity index (χ2v) is 1.79. The minimum absolute atomic E-state index is 0.716. The maximum Gasteiger partial charge on any atom is 0.138 e. The first-order chi connectivity index (χ1) is 3.93. The summed E-state index contributed by atoms with van der Waals surface area (Å²) in [7, 11) is 0. The first-order valence-electron chi connectivity index (χ1n) is 2.11. The van der Waals surface area contributed by atoms with Gasteiger partial charge in [0.1, 0.15) is 6.33 Å². The highest BCUT2D eigenvalue weighted by Crippen LogP contribution is 1.94. The zero-order valence-corrected chi connectivity index (χ0v) is 5.67. The van der Waals surface area contributed by atoms with Gasteiger partial charge >= 0.3 is 0 Å². The maximum atomic E-state index is 3.75. The summed E-state index contributed by atoms with van der Waals surface area (Å²) in [6.45, 7) is 0. The molecule has 0 fully saturated rings. The molecule has 0 radical (unpaired) electrons. The fourth-order valence-corrected chi connectivity index (χ4v) is 0.593. The van der Waals surface area contributed by atoms with Crippen LogP contribution in [-0.2, 0) is 5.33 Å². The number of nitrogens with zero attached hydrogens (tertiary/aromatic N) is 3. The Balaban J connectivity index is 2.83. The Hall–Kier alpha value is -0.510. The number of alkyl halides is 1. The van der Waals surface area contributed by atoms with Crippen molar-refractivity contribution in [2.24, 2.45) is 0 Å². The first kappa shape index (κ1) is 5.62. The summed E-state index contributed by atoms with van der Waals surface area (Å²) in [5.41, 5.74) is 0.854. The minimum Gasteiger partial charge on any atom is -0.241 e. The molecule has 0 bridgehead atoms. The Morgan fingerprint density at radius 2 is 2.50 bits per heavy atom. The van der Waals surface area contributed by atoms with Gasteiger partial charge in [-0.2, -0.15) is 5.10 Å². The normalized spacial score (nSPS) is 9.12. The van der Waals surface area contributed by atoms with E-state index in [1.165, 1.54) is 6.33 Å². The average Bonchev–Trinajstić information content (AvgIpc) is 1.90. The molecule has 0 spiro atoms. The van der Waals surface area contributed by atoms with Crippen molar-refractivity contribution in [3.8, 4) is 0 Å². The molecule has 0 unspecified atom stereocenters. The molecule has 4 heteroatoms. The highest BCUT2D eigenvalue weighted by molar-refractivity contribution is 9.08. The predicted molar refractivity (Wildman–Crippen MR) is 32.5 cm³/mol. The molecule has 0 aliphatic heterocycles. The molecule has 0 aliphatic rings. The van der Waals surface area contributed by atoms with E-state index in [0.29, 0.717) is 5.33 Å². The Labute approximate surface area is 55.3 Å². The fourth-order valence-electron chi connectivity index (χ4n) is 0.336. The molecule has 0 saturated carbocycles. The van der Waals surface area contributed by atoms with Crippen LogP contribution in [0.4, 0.5) is 0 Å². The number of halogens is 1. The van der Waals surface area contributed by atoms with Crippen LogP contribution in [0, 0.1) is 0 Å². The molecule has 1 rings (SSSR count). The molecule has 0 saturated heterocycles. The Morgan fingerprint density at radius 3 is 2.88 bits per heavy atom. The van der Waals surface area contributed by atoms with Gasteiger partial charge in [-0.1, -0.05) is 15.9 Å².